The van der Waals surface area contributed by atoms with E-state index in [1.54, 1.807) is 0 Å². The van der Waals surface area contributed by atoms with E-state index in [4.69, 9.17) is 9.84 Å². The lowest BCUT2D eigenvalue weighted by Gasteiger charge is -2.20. The molecule has 0 radical (unpaired) electrons. The minimum absolute atomic E-state index is 0.401. The Bertz CT molecular complexity index is 346. The first kappa shape index (κ1) is 19.8. The van der Waals surface area contributed by atoms with E-state index >= 15 is 0 Å². The van der Waals surface area contributed by atoms with Crippen molar-refractivity contribution in [2.45, 2.75) is 90.0 Å². The average molecular weight is 327 g/mol. The molecule has 1 heterocycles. The molecule has 1 aliphatic rings. The smallest absolute Gasteiger partial charge is 0.410 e. The van der Waals surface area contributed by atoms with Crippen LogP contribution in [0.3, 0.4) is 0 Å². The molecule has 5 nitrogen and oxygen atoms in total. The minimum Gasteiger partial charge on any atom is -0.480 e. The Morgan fingerprint density at radius 1 is 1.00 bits per heavy atom. The van der Waals surface area contributed by atoms with Gasteiger partial charge >= 0.3 is 12.1 Å². The van der Waals surface area contributed by atoms with Gasteiger partial charge in [0.1, 0.15) is 6.04 Å². The first-order valence-corrected chi connectivity index (χ1v) is 9.33. The lowest BCUT2D eigenvalue weighted by Crippen LogP contribution is -2.40. The number of carboxylic acid groups (broad SMARTS) is 1. The van der Waals surface area contributed by atoms with Crippen molar-refractivity contribution < 1.29 is 19.4 Å². The number of hydrogen-bond acceptors (Lipinski definition) is 3. The fourth-order valence-electron chi connectivity index (χ4n) is 3.07. The van der Waals surface area contributed by atoms with Gasteiger partial charge in [-0.2, -0.15) is 0 Å². The summed E-state index contributed by atoms with van der Waals surface area (Å²) in [6.45, 7) is 3.13. The maximum Gasteiger partial charge on any atom is 0.410 e. The largest absolute Gasteiger partial charge is 0.480 e. The standard InChI is InChI=1S/C18H33NO4/c1-2-3-4-5-6-7-8-9-10-11-15-23-18(22)19-14-12-13-16(19)17(20)21/h16H,2-15H2,1H3,(H,20,21)/t16-/m0/s1. The van der Waals surface area contributed by atoms with E-state index in [0.717, 1.165) is 19.3 Å². The number of rotatable bonds is 12. The molecule has 0 spiro atoms. The van der Waals surface area contributed by atoms with E-state index in [9.17, 15) is 9.59 Å². The topological polar surface area (TPSA) is 66.8 Å². The maximum absolute atomic E-state index is 11.9. The van der Waals surface area contributed by atoms with Crippen molar-refractivity contribution in [3.05, 3.63) is 0 Å². The van der Waals surface area contributed by atoms with Crippen LogP contribution in [0.25, 0.3) is 0 Å². The van der Waals surface area contributed by atoms with Gasteiger partial charge in [0.2, 0.25) is 0 Å². The molecule has 0 unspecified atom stereocenters. The quantitative estimate of drug-likeness (QED) is 0.532. The zero-order valence-electron chi connectivity index (χ0n) is 14.6. The predicted octanol–water partition coefficient (Wildman–Crippen LogP) is 4.59. The lowest BCUT2D eigenvalue weighted by atomic mass is 10.1. The fourth-order valence-corrected chi connectivity index (χ4v) is 3.07. The molecule has 0 aromatic heterocycles. The van der Waals surface area contributed by atoms with Gasteiger partial charge in [0.25, 0.3) is 0 Å². The highest BCUT2D eigenvalue weighted by molar-refractivity contribution is 5.80. The molecular formula is C18H33NO4. The molecule has 0 aromatic rings. The van der Waals surface area contributed by atoms with Crippen LogP contribution in [0.2, 0.25) is 0 Å². The number of nitrogens with zero attached hydrogens (tertiary/aromatic N) is 1. The molecule has 0 aromatic carbocycles. The number of hydrogen-bond donors (Lipinski definition) is 1. The van der Waals surface area contributed by atoms with E-state index in [0.29, 0.717) is 19.6 Å². The fraction of sp³-hybridized carbons (Fsp3) is 0.889. The van der Waals surface area contributed by atoms with Gasteiger partial charge in [-0.25, -0.2) is 9.59 Å². The van der Waals surface area contributed by atoms with E-state index in [2.05, 4.69) is 6.92 Å². The Morgan fingerprint density at radius 2 is 1.57 bits per heavy atom. The van der Waals surface area contributed by atoms with Crippen LogP contribution in [0.4, 0.5) is 4.79 Å². The highest BCUT2D eigenvalue weighted by atomic mass is 16.6. The summed E-state index contributed by atoms with van der Waals surface area (Å²) in [7, 11) is 0. The molecule has 23 heavy (non-hydrogen) atoms. The normalized spacial score (nSPS) is 17.4. The molecule has 1 N–H and O–H groups in total. The van der Waals surface area contributed by atoms with Gasteiger partial charge < -0.3 is 9.84 Å². The van der Waals surface area contributed by atoms with Crippen molar-refractivity contribution in [1.82, 2.24) is 4.90 Å². The molecular weight excluding hydrogens is 294 g/mol. The Balaban J connectivity index is 1.94. The Hall–Kier alpha value is -1.26. The number of unbranched alkanes of at least 4 members (excludes halogenated alkanes) is 9. The third-order valence-corrected chi connectivity index (χ3v) is 4.50. The maximum atomic E-state index is 11.9. The van der Waals surface area contributed by atoms with Gasteiger partial charge in [-0.1, -0.05) is 64.7 Å². The number of carbonyl (C=O) groups excluding carboxylic acids is 1. The molecule has 0 bridgehead atoms. The van der Waals surface area contributed by atoms with Gasteiger partial charge in [0.15, 0.2) is 0 Å². The SMILES string of the molecule is CCCCCCCCCCCCOC(=O)N1CCC[C@H]1C(=O)O. The second-order valence-electron chi connectivity index (χ2n) is 6.49. The molecule has 1 amide bonds. The summed E-state index contributed by atoms with van der Waals surface area (Å²) in [5, 5.41) is 9.04. The molecule has 1 rings (SSSR count). The van der Waals surface area contributed by atoms with Gasteiger partial charge in [-0.05, 0) is 19.3 Å². The number of amides is 1. The second kappa shape index (κ2) is 12.2. The van der Waals surface area contributed by atoms with Crippen LogP contribution in [0.15, 0.2) is 0 Å². The lowest BCUT2D eigenvalue weighted by molar-refractivity contribution is -0.141. The number of carbonyl (C=O) groups is 2. The van der Waals surface area contributed by atoms with Gasteiger partial charge in [0, 0.05) is 6.54 Å². The van der Waals surface area contributed by atoms with E-state index in [1.807, 2.05) is 0 Å². The Labute approximate surface area is 140 Å². The summed E-state index contributed by atoms with van der Waals surface area (Å²) in [4.78, 5) is 24.2. The third kappa shape index (κ3) is 8.24. The number of likely N-dealkylation sites (tertiary alicyclic amines) is 1. The van der Waals surface area contributed by atoms with E-state index in [-0.39, 0.29) is 0 Å². The molecule has 0 aliphatic carbocycles. The van der Waals surface area contributed by atoms with Crippen LogP contribution in [-0.2, 0) is 9.53 Å². The van der Waals surface area contributed by atoms with Crippen molar-refractivity contribution in [3.8, 4) is 0 Å². The number of carboxylic acids is 1. The van der Waals surface area contributed by atoms with Gasteiger partial charge in [-0.15, -0.1) is 0 Å². The minimum atomic E-state index is -0.932. The highest BCUT2D eigenvalue weighted by Gasteiger charge is 2.34. The first-order chi connectivity index (χ1) is 11.2. The summed E-state index contributed by atoms with van der Waals surface area (Å²) in [5.74, 6) is -0.932. The summed E-state index contributed by atoms with van der Waals surface area (Å²) in [6, 6.07) is -0.699. The zero-order valence-corrected chi connectivity index (χ0v) is 14.6. The second-order valence-corrected chi connectivity index (χ2v) is 6.49. The van der Waals surface area contributed by atoms with Crippen LogP contribution < -0.4 is 0 Å². The van der Waals surface area contributed by atoms with Crippen LogP contribution in [-0.4, -0.2) is 41.3 Å². The number of ether oxygens (including phenoxy) is 1. The first-order valence-electron chi connectivity index (χ1n) is 9.33. The third-order valence-electron chi connectivity index (χ3n) is 4.50. The van der Waals surface area contributed by atoms with Gasteiger partial charge in [0.05, 0.1) is 6.61 Å². The molecule has 0 saturated carbocycles. The monoisotopic (exact) mass is 327 g/mol. The van der Waals surface area contributed by atoms with Gasteiger partial charge in [-0.3, -0.25) is 4.90 Å². The van der Waals surface area contributed by atoms with Crippen LogP contribution >= 0.6 is 0 Å². The molecule has 5 heteroatoms. The van der Waals surface area contributed by atoms with Crippen molar-refractivity contribution in [2.24, 2.45) is 0 Å². The van der Waals surface area contributed by atoms with Crippen molar-refractivity contribution >= 4 is 12.1 Å². The van der Waals surface area contributed by atoms with Crippen molar-refractivity contribution in [1.29, 1.82) is 0 Å². The van der Waals surface area contributed by atoms with Crippen LogP contribution in [0.5, 0.6) is 0 Å². The average Bonchev–Trinajstić information content (AvgIpc) is 3.02. The molecule has 134 valence electrons. The van der Waals surface area contributed by atoms with Crippen LogP contribution in [0.1, 0.15) is 84.0 Å². The highest BCUT2D eigenvalue weighted by Crippen LogP contribution is 2.18. The summed E-state index contributed by atoms with van der Waals surface area (Å²) < 4.78 is 5.20. The Kier molecular flexibility index (Phi) is 10.5. The zero-order chi connectivity index (χ0) is 16.9. The summed E-state index contributed by atoms with van der Waals surface area (Å²) >= 11 is 0. The Morgan fingerprint density at radius 3 is 2.13 bits per heavy atom. The van der Waals surface area contributed by atoms with E-state index < -0.39 is 18.1 Å². The molecule has 1 aliphatic heterocycles. The number of aliphatic carboxylic acids is 1. The van der Waals surface area contributed by atoms with E-state index in [1.165, 1.54) is 56.3 Å². The molecule has 1 fully saturated rings. The predicted molar refractivity (Wildman–Crippen MR) is 90.6 cm³/mol. The van der Waals surface area contributed by atoms with Crippen molar-refractivity contribution in [2.75, 3.05) is 13.2 Å². The summed E-state index contributed by atoms with van der Waals surface area (Å²) in [6.07, 6.45) is 13.2. The van der Waals surface area contributed by atoms with Crippen LogP contribution in [0, 0.1) is 0 Å². The summed E-state index contributed by atoms with van der Waals surface area (Å²) in [5.41, 5.74) is 0. The molecule has 1 saturated heterocycles. The van der Waals surface area contributed by atoms with Crippen molar-refractivity contribution in [3.63, 3.8) is 0 Å². The molecule has 1 atom stereocenters.